The van der Waals surface area contributed by atoms with E-state index in [9.17, 15) is 4.79 Å². The number of halogens is 1. The molecule has 6 heteroatoms. The number of benzene rings is 2. The van der Waals surface area contributed by atoms with Gasteiger partial charge in [0.15, 0.2) is 0 Å². The molecular weight excluding hydrogens is 374 g/mol. The van der Waals surface area contributed by atoms with Gasteiger partial charge in [0.1, 0.15) is 11.4 Å². The van der Waals surface area contributed by atoms with E-state index in [0.29, 0.717) is 23.0 Å². The monoisotopic (exact) mass is 393 g/mol. The number of para-hydroxylation sites is 1. The highest BCUT2D eigenvalue weighted by molar-refractivity contribution is 6.31. The van der Waals surface area contributed by atoms with Crippen LogP contribution in [-0.4, -0.2) is 24.5 Å². The minimum Gasteiger partial charge on any atom is -0.495 e. The van der Waals surface area contributed by atoms with Gasteiger partial charge in [-0.2, -0.15) is 0 Å². The molecule has 0 aliphatic carbocycles. The van der Waals surface area contributed by atoms with Crippen molar-refractivity contribution < 1.29 is 9.53 Å². The second kappa shape index (κ2) is 7.52. The molecule has 0 fully saturated rings. The number of hydrogen-bond donors (Lipinski definition) is 1. The quantitative estimate of drug-likeness (QED) is 0.677. The van der Waals surface area contributed by atoms with Crippen LogP contribution in [0, 0.1) is 6.92 Å². The number of amides is 1. The number of aromatic nitrogens is 1. The minimum atomic E-state index is -0.0867. The maximum absolute atomic E-state index is 12.9. The number of ether oxygens (including phenoxy) is 1. The standard InChI is InChI=1S/C22H20ClN3O2/c1-14-11-19(21(28-2)12-17(14)23)25-16-7-8-18(24-13-16)22(27)26-10-9-15-5-3-4-6-20(15)26/h3-8,11-13,25H,9-10H2,1-2H3. The zero-order valence-electron chi connectivity index (χ0n) is 15.7. The van der Waals surface area contributed by atoms with Crippen molar-refractivity contribution in [3.8, 4) is 5.75 Å². The van der Waals surface area contributed by atoms with Gasteiger partial charge in [0.2, 0.25) is 0 Å². The predicted molar refractivity (Wildman–Crippen MR) is 112 cm³/mol. The van der Waals surface area contributed by atoms with E-state index < -0.39 is 0 Å². The fourth-order valence-electron chi connectivity index (χ4n) is 3.37. The van der Waals surface area contributed by atoms with Crippen LogP contribution in [0.5, 0.6) is 5.75 Å². The first-order chi connectivity index (χ1) is 13.6. The summed E-state index contributed by atoms with van der Waals surface area (Å²) in [6.07, 6.45) is 2.52. The Bertz CT molecular complexity index is 1030. The van der Waals surface area contributed by atoms with Crippen molar-refractivity contribution >= 4 is 34.6 Å². The fourth-order valence-corrected chi connectivity index (χ4v) is 3.52. The third-order valence-corrected chi connectivity index (χ3v) is 5.28. The van der Waals surface area contributed by atoms with Crippen molar-refractivity contribution in [2.45, 2.75) is 13.3 Å². The Balaban J connectivity index is 1.54. The number of nitrogens with zero attached hydrogens (tertiary/aromatic N) is 2. The molecule has 0 bridgehead atoms. The van der Waals surface area contributed by atoms with Crippen LogP contribution >= 0.6 is 11.6 Å². The Labute approximate surface area is 168 Å². The largest absolute Gasteiger partial charge is 0.495 e. The number of methoxy groups -OCH3 is 1. The van der Waals surface area contributed by atoms with Gasteiger partial charge in [0, 0.05) is 23.3 Å². The van der Waals surface area contributed by atoms with Gasteiger partial charge in [-0.1, -0.05) is 29.8 Å². The van der Waals surface area contributed by atoms with Crippen LogP contribution in [-0.2, 0) is 6.42 Å². The number of carbonyl (C=O) groups is 1. The normalized spacial score (nSPS) is 12.6. The molecule has 0 atom stereocenters. The third-order valence-electron chi connectivity index (χ3n) is 4.87. The Kier molecular flexibility index (Phi) is 4.92. The molecule has 0 radical (unpaired) electrons. The number of aryl methyl sites for hydroxylation is 1. The topological polar surface area (TPSA) is 54.5 Å². The van der Waals surface area contributed by atoms with E-state index in [2.05, 4.69) is 16.4 Å². The van der Waals surface area contributed by atoms with Gasteiger partial charge in [-0.15, -0.1) is 0 Å². The molecular formula is C22H20ClN3O2. The molecule has 28 heavy (non-hydrogen) atoms. The molecule has 0 spiro atoms. The van der Waals surface area contributed by atoms with Crippen molar-refractivity contribution in [2.24, 2.45) is 0 Å². The number of pyridine rings is 1. The Morgan fingerprint density at radius 1 is 1.21 bits per heavy atom. The maximum atomic E-state index is 12.9. The van der Waals surface area contributed by atoms with Crippen molar-refractivity contribution in [3.05, 3.63) is 76.6 Å². The summed E-state index contributed by atoms with van der Waals surface area (Å²) in [5.41, 5.74) is 5.08. The average molecular weight is 394 g/mol. The maximum Gasteiger partial charge on any atom is 0.276 e. The van der Waals surface area contributed by atoms with E-state index in [4.69, 9.17) is 16.3 Å². The Morgan fingerprint density at radius 3 is 2.79 bits per heavy atom. The second-order valence-electron chi connectivity index (χ2n) is 6.69. The molecule has 1 aliphatic rings. The smallest absolute Gasteiger partial charge is 0.276 e. The van der Waals surface area contributed by atoms with Crippen LogP contribution in [0.1, 0.15) is 21.6 Å². The van der Waals surface area contributed by atoms with Crippen LogP contribution in [0.2, 0.25) is 5.02 Å². The Hall–Kier alpha value is -3.05. The molecule has 1 aliphatic heterocycles. The van der Waals surface area contributed by atoms with Crippen LogP contribution in [0.15, 0.2) is 54.7 Å². The first kappa shape index (κ1) is 18.3. The first-order valence-electron chi connectivity index (χ1n) is 9.04. The lowest BCUT2D eigenvalue weighted by atomic mass is 10.2. The van der Waals surface area contributed by atoms with E-state index in [0.717, 1.165) is 29.0 Å². The van der Waals surface area contributed by atoms with E-state index >= 15 is 0 Å². The molecule has 0 unspecified atom stereocenters. The highest BCUT2D eigenvalue weighted by Crippen LogP contribution is 2.33. The summed E-state index contributed by atoms with van der Waals surface area (Å²) in [5, 5.41) is 3.92. The van der Waals surface area contributed by atoms with Crippen molar-refractivity contribution in [3.63, 3.8) is 0 Å². The van der Waals surface area contributed by atoms with Crippen molar-refractivity contribution in [2.75, 3.05) is 23.9 Å². The molecule has 2 aromatic carbocycles. The lowest BCUT2D eigenvalue weighted by molar-refractivity contribution is 0.0984. The molecule has 5 nitrogen and oxygen atoms in total. The van der Waals surface area contributed by atoms with Crippen LogP contribution < -0.4 is 15.0 Å². The summed E-state index contributed by atoms with van der Waals surface area (Å²) in [7, 11) is 1.60. The van der Waals surface area contributed by atoms with Gasteiger partial charge in [0.25, 0.3) is 5.91 Å². The Morgan fingerprint density at radius 2 is 2.04 bits per heavy atom. The van der Waals surface area contributed by atoms with E-state index in [1.165, 1.54) is 5.56 Å². The number of hydrogen-bond acceptors (Lipinski definition) is 4. The predicted octanol–water partition coefficient (Wildman–Crippen LogP) is 5.00. The molecule has 3 aromatic rings. The molecule has 0 saturated heterocycles. The SMILES string of the molecule is COc1cc(Cl)c(C)cc1Nc1ccc(C(=O)N2CCc3ccccc32)nc1. The summed E-state index contributed by atoms with van der Waals surface area (Å²) >= 11 is 6.16. The van der Waals surface area contributed by atoms with Gasteiger partial charge >= 0.3 is 0 Å². The van der Waals surface area contributed by atoms with Crippen molar-refractivity contribution in [1.29, 1.82) is 0 Å². The summed E-state index contributed by atoms with van der Waals surface area (Å²) in [5.74, 6) is 0.556. The van der Waals surface area contributed by atoms with Gasteiger partial charge in [-0.05, 0) is 48.7 Å². The van der Waals surface area contributed by atoms with E-state index in [1.54, 1.807) is 30.3 Å². The number of nitrogens with one attached hydrogen (secondary N) is 1. The fraction of sp³-hybridized carbons (Fsp3) is 0.182. The molecule has 1 amide bonds. The molecule has 142 valence electrons. The van der Waals surface area contributed by atoms with Gasteiger partial charge in [-0.25, -0.2) is 4.98 Å². The second-order valence-corrected chi connectivity index (χ2v) is 7.10. The zero-order valence-corrected chi connectivity index (χ0v) is 16.5. The number of fused-ring (bicyclic) bond motifs is 1. The van der Waals surface area contributed by atoms with Crippen LogP contribution in [0.25, 0.3) is 0 Å². The molecule has 0 saturated carbocycles. The summed E-state index contributed by atoms with van der Waals surface area (Å²) < 4.78 is 5.39. The van der Waals surface area contributed by atoms with E-state index in [1.807, 2.05) is 37.3 Å². The lowest BCUT2D eigenvalue weighted by Gasteiger charge is -2.17. The highest BCUT2D eigenvalue weighted by Gasteiger charge is 2.25. The van der Waals surface area contributed by atoms with Gasteiger partial charge in [-0.3, -0.25) is 4.79 Å². The van der Waals surface area contributed by atoms with Gasteiger partial charge < -0.3 is 15.0 Å². The molecule has 2 heterocycles. The minimum absolute atomic E-state index is 0.0867. The van der Waals surface area contributed by atoms with Gasteiger partial charge in [0.05, 0.1) is 24.7 Å². The van der Waals surface area contributed by atoms with Crippen LogP contribution in [0.4, 0.5) is 17.1 Å². The molecule has 1 aromatic heterocycles. The summed E-state index contributed by atoms with van der Waals surface area (Å²) in [4.78, 5) is 19.0. The number of anilines is 3. The highest BCUT2D eigenvalue weighted by atomic mass is 35.5. The number of rotatable bonds is 4. The molecule has 1 N–H and O–H groups in total. The van der Waals surface area contributed by atoms with E-state index in [-0.39, 0.29) is 5.91 Å². The average Bonchev–Trinajstić information content (AvgIpc) is 3.15. The summed E-state index contributed by atoms with van der Waals surface area (Å²) in [6.45, 7) is 2.61. The number of carbonyl (C=O) groups excluding carboxylic acids is 1. The zero-order chi connectivity index (χ0) is 19.7. The first-order valence-corrected chi connectivity index (χ1v) is 9.41. The lowest BCUT2D eigenvalue weighted by Crippen LogP contribution is -2.29. The van der Waals surface area contributed by atoms with Crippen LogP contribution in [0.3, 0.4) is 0 Å². The molecule has 4 rings (SSSR count). The summed E-state index contributed by atoms with van der Waals surface area (Å²) in [6, 6.07) is 15.3. The van der Waals surface area contributed by atoms with Crippen molar-refractivity contribution in [1.82, 2.24) is 4.98 Å². The third kappa shape index (κ3) is 3.41.